The molecule has 2 aromatic carbocycles. The first kappa shape index (κ1) is 32.2. The number of carbonyl (C=O) groups is 1. The lowest BCUT2D eigenvalue weighted by Crippen LogP contribution is -2.50. The maximum Gasteiger partial charge on any atom is 0.435 e. The first-order chi connectivity index (χ1) is 19.2. The summed E-state index contributed by atoms with van der Waals surface area (Å²) in [5, 5.41) is 0. The van der Waals surface area contributed by atoms with Crippen molar-refractivity contribution in [2.75, 3.05) is 24.6 Å². The molecule has 16 heteroatoms. The molecule has 2 heterocycles. The van der Waals surface area contributed by atoms with Crippen molar-refractivity contribution in [3.8, 4) is 0 Å². The van der Waals surface area contributed by atoms with Gasteiger partial charge in [-0.3, -0.25) is 4.79 Å². The molecule has 0 aromatic heterocycles. The van der Waals surface area contributed by atoms with E-state index in [1.165, 1.54) is 6.92 Å². The van der Waals surface area contributed by atoms with Crippen molar-refractivity contribution in [1.82, 2.24) is 4.90 Å². The first-order valence-electron chi connectivity index (χ1n) is 12.6. The van der Waals surface area contributed by atoms with Crippen molar-refractivity contribution < 1.29 is 56.8 Å². The summed E-state index contributed by atoms with van der Waals surface area (Å²) in [6, 6.07) is 4.55. The largest absolute Gasteiger partial charge is 0.435 e. The lowest BCUT2D eigenvalue weighted by Gasteiger charge is -2.33. The van der Waals surface area contributed by atoms with Crippen LogP contribution in [-0.4, -0.2) is 64.6 Å². The molecule has 0 radical (unpaired) electrons. The average Bonchev–Trinajstić information content (AvgIpc) is 3.35. The average molecular weight is 648 g/mol. The molecule has 2 aliphatic heterocycles. The second kappa shape index (κ2) is 10.5. The maximum absolute atomic E-state index is 14.7. The molecule has 0 spiro atoms. The zero-order valence-electron chi connectivity index (χ0n) is 21.9. The Bertz CT molecular complexity index is 1560. The third kappa shape index (κ3) is 5.28. The molecule has 1 amide bonds. The van der Waals surface area contributed by atoms with Gasteiger partial charge in [0, 0.05) is 24.6 Å². The Balaban J connectivity index is 1.80. The smallest absolute Gasteiger partial charge is 0.340 e. The lowest BCUT2D eigenvalue weighted by molar-refractivity contribution is -0.348. The number of aryl methyl sites for hydroxylation is 1. The van der Waals surface area contributed by atoms with Gasteiger partial charge in [-0.25, -0.2) is 25.6 Å². The maximum atomic E-state index is 14.7. The Morgan fingerprint density at radius 2 is 1.48 bits per heavy atom. The van der Waals surface area contributed by atoms with Gasteiger partial charge < -0.3 is 4.90 Å². The molecule has 4 rings (SSSR count). The van der Waals surface area contributed by atoms with Gasteiger partial charge in [-0.15, -0.1) is 0 Å². The summed E-state index contributed by atoms with van der Waals surface area (Å²) in [5.74, 6) is -2.53. The van der Waals surface area contributed by atoms with Crippen molar-refractivity contribution in [2.45, 2.75) is 53.9 Å². The predicted octanol–water partition coefficient (Wildman–Crippen LogP) is 5.15. The monoisotopic (exact) mass is 647 g/mol. The van der Waals surface area contributed by atoms with Crippen LogP contribution in [0.15, 0.2) is 47.4 Å². The van der Waals surface area contributed by atoms with Crippen molar-refractivity contribution in [3.05, 3.63) is 65.0 Å². The van der Waals surface area contributed by atoms with Crippen LogP contribution < -0.4 is 0 Å². The highest BCUT2D eigenvalue weighted by Crippen LogP contribution is 2.54. The minimum Gasteiger partial charge on any atom is -0.340 e. The fourth-order valence-corrected chi connectivity index (χ4v) is 9.13. The highest BCUT2D eigenvalue weighted by Gasteiger charge is 2.73. The van der Waals surface area contributed by atoms with Crippen LogP contribution in [0.3, 0.4) is 0 Å². The van der Waals surface area contributed by atoms with Crippen LogP contribution in [0, 0.1) is 18.7 Å². The van der Waals surface area contributed by atoms with Crippen molar-refractivity contribution in [2.24, 2.45) is 5.92 Å². The van der Waals surface area contributed by atoms with Crippen LogP contribution in [0.1, 0.15) is 36.0 Å². The molecule has 1 unspecified atom stereocenters. The Morgan fingerprint density at radius 1 is 0.929 bits per heavy atom. The molecular weight excluding hydrogens is 622 g/mol. The van der Waals surface area contributed by atoms with Gasteiger partial charge in [0.05, 0.1) is 16.4 Å². The number of rotatable bonds is 5. The topological polar surface area (TPSA) is 88.6 Å². The summed E-state index contributed by atoms with van der Waals surface area (Å²) in [6.07, 6.45) is -13.1. The molecule has 2 fully saturated rings. The number of amides is 1. The van der Waals surface area contributed by atoms with E-state index in [0.717, 1.165) is 23.1 Å². The molecule has 2 aliphatic rings. The molecule has 0 bridgehead atoms. The summed E-state index contributed by atoms with van der Waals surface area (Å²) in [4.78, 5) is 14.0. The van der Waals surface area contributed by atoms with Crippen LogP contribution in [0.5, 0.6) is 0 Å². The molecule has 42 heavy (non-hydrogen) atoms. The molecule has 0 saturated carbocycles. The van der Waals surface area contributed by atoms with E-state index >= 15 is 0 Å². The number of likely N-dealkylation sites (tertiary alicyclic amines) is 1. The molecule has 0 N–H and O–H groups in total. The van der Waals surface area contributed by atoms with Gasteiger partial charge in [-0.1, -0.05) is 24.3 Å². The number of carbonyl (C=O) groups excluding carboxylic acids is 1. The summed E-state index contributed by atoms with van der Waals surface area (Å²) in [6.45, 7) is 0.514. The molecule has 6 nitrogen and oxygen atoms in total. The lowest BCUT2D eigenvalue weighted by atomic mass is 9.90. The Labute approximate surface area is 236 Å². The van der Waals surface area contributed by atoms with E-state index in [4.69, 9.17) is 0 Å². The highest BCUT2D eigenvalue weighted by molar-refractivity contribution is 7.92. The molecule has 1 atom stereocenters. The van der Waals surface area contributed by atoms with Crippen LogP contribution in [0.2, 0.25) is 0 Å². The van der Waals surface area contributed by atoms with Crippen LogP contribution in [-0.2, 0) is 34.9 Å². The van der Waals surface area contributed by atoms with E-state index in [2.05, 4.69) is 0 Å². The highest BCUT2D eigenvalue weighted by atomic mass is 32.2. The SMILES string of the molecule is Cc1cc(S(=O)(=O)C2(c3ccc(C(F)(C(F)(F)F)C(F)(F)F)cc3)CCN(C(=O)C3CCS(=O)(=O)CC3)C2)ccc1F. The number of benzene rings is 2. The first-order valence-corrected chi connectivity index (χ1v) is 15.9. The fraction of sp³-hybridized carbons (Fsp3) is 0.500. The third-order valence-corrected chi connectivity index (χ3v) is 12.2. The number of alkyl halides is 7. The van der Waals surface area contributed by atoms with Gasteiger partial charge in [0.25, 0.3) is 0 Å². The van der Waals surface area contributed by atoms with E-state index < -0.39 is 77.1 Å². The number of nitrogens with zero attached hydrogens (tertiary/aromatic N) is 1. The van der Waals surface area contributed by atoms with Gasteiger partial charge in [0.1, 0.15) is 20.4 Å². The van der Waals surface area contributed by atoms with Gasteiger partial charge in [0.2, 0.25) is 5.91 Å². The van der Waals surface area contributed by atoms with Crippen LogP contribution in [0.4, 0.5) is 35.1 Å². The van der Waals surface area contributed by atoms with Crippen LogP contribution >= 0.6 is 0 Å². The number of hydrogen-bond acceptors (Lipinski definition) is 5. The van der Waals surface area contributed by atoms with Gasteiger partial charge in [0.15, 0.2) is 9.84 Å². The Kier molecular flexibility index (Phi) is 8.01. The van der Waals surface area contributed by atoms with E-state index in [-0.39, 0.29) is 60.6 Å². The van der Waals surface area contributed by atoms with E-state index in [1.807, 2.05) is 0 Å². The summed E-state index contributed by atoms with van der Waals surface area (Å²) < 4.78 is 158. The third-order valence-electron chi connectivity index (χ3n) is 7.99. The zero-order chi connectivity index (χ0) is 31.5. The quantitative estimate of drug-likeness (QED) is 0.331. The summed E-state index contributed by atoms with van der Waals surface area (Å²) in [5.41, 5.74) is -7.92. The molecule has 2 saturated heterocycles. The van der Waals surface area contributed by atoms with Gasteiger partial charge in [-0.2, -0.15) is 26.3 Å². The number of halogens is 8. The Morgan fingerprint density at radius 3 is 1.98 bits per heavy atom. The minimum absolute atomic E-state index is 0.00324. The van der Waals surface area contributed by atoms with E-state index in [0.29, 0.717) is 12.1 Å². The number of sulfone groups is 2. The van der Waals surface area contributed by atoms with Crippen LogP contribution in [0.25, 0.3) is 0 Å². The standard InChI is InChI=1S/C26H25F8NO5S2/c1-16-14-20(6-7-21(16)27)42(39,40)23(10-11-35(15-23)22(36)17-8-12-41(37,38)13-9-17)18-2-4-19(5-3-18)24(28,25(29,30)31)26(32,33)34/h2-7,14,17H,8-13,15H2,1H3. The van der Waals surface area contributed by atoms with Gasteiger partial charge >= 0.3 is 18.0 Å². The van der Waals surface area contributed by atoms with Gasteiger partial charge in [-0.05, 0) is 55.5 Å². The molecule has 0 aliphatic carbocycles. The second-order valence-electron chi connectivity index (χ2n) is 10.6. The van der Waals surface area contributed by atoms with Crippen molar-refractivity contribution in [3.63, 3.8) is 0 Å². The molecular formula is C26H25F8NO5S2. The fourth-order valence-electron chi connectivity index (χ4n) is 5.48. The zero-order valence-corrected chi connectivity index (χ0v) is 23.5. The number of hydrogen-bond donors (Lipinski definition) is 0. The minimum atomic E-state index is -6.38. The molecule has 2 aromatic rings. The Hall–Kier alpha value is -2.75. The molecule has 232 valence electrons. The van der Waals surface area contributed by atoms with Crippen molar-refractivity contribution in [1.29, 1.82) is 0 Å². The normalized spacial score (nSPS) is 22.4. The second-order valence-corrected chi connectivity index (χ2v) is 15.1. The predicted molar refractivity (Wildman–Crippen MR) is 134 cm³/mol. The summed E-state index contributed by atoms with van der Waals surface area (Å²) >= 11 is 0. The summed E-state index contributed by atoms with van der Waals surface area (Å²) in [7, 11) is -7.94. The van der Waals surface area contributed by atoms with Crippen molar-refractivity contribution >= 4 is 25.6 Å². The van der Waals surface area contributed by atoms with E-state index in [9.17, 15) is 56.8 Å². The van der Waals surface area contributed by atoms with E-state index in [1.54, 1.807) is 0 Å².